The Bertz CT molecular complexity index is 380. The predicted octanol–water partition coefficient (Wildman–Crippen LogP) is 0.368. The lowest BCUT2D eigenvalue weighted by Crippen LogP contribution is -2.68. The highest BCUT2D eigenvalue weighted by Gasteiger charge is 2.51. The molecule has 2 rings (SSSR count). The number of carbonyl (C=O) groups is 2. The molecule has 3 N–H and O–H groups in total. The van der Waals surface area contributed by atoms with E-state index in [1.54, 1.807) is 11.8 Å². The molecule has 2 aliphatic rings. The summed E-state index contributed by atoms with van der Waals surface area (Å²) in [4.78, 5) is 24.1. The van der Waals surface area contributed by atoms with Crippen LogP contribution >= 0.6 is 11.8 Å². The number of hydrogen-bond donors (Lipinski definition) is 2. The highest BCUT2D eigenvalue weighted by atomic mass is 32.2. The molecule has 0 saturated carbocycles. The summed E-state index contributed by atoms with van der Waals surface area (Å²) in [5.41, 5.74) is 6.64. The first kappa shape index (κ1) is 11.5. The van der Waals surface area contributed by atoms with E-state index in [0.717, 1.165) is 18.4 Å². The first-order valence-electron chi connectivity index (χ1n) is 5.23. The van der Waals surface area contributed by atoms with Gasteiger partial charge in [0.05, 0.1) is 0 Å². The summed E-state index contributed by atoms with van der Waals surface area (Å²) >= 11 is 1.55. The standard InChI is InChI=1S/C10H14N2O3S/c1-2-3-5-4-16-9-6(11)8(13)12(9)7(5)10(14)15/h6,9H,2-4,11H2,1H3,(H,14,15). The van der Waals surface area contributed by atoms with E-state index in [4.69, 9.17) is 10.8 Å². The van der Waals surface area contributed by atoms with Gasteiger partial charge in [0.15, 0.2) is 0 Å². The topological polar surface area (TPSA) is 83.6 Å². The van der Waals surface area contributed by atoms with Crippen LogP contribution in [0.5, 0.6) is 0 Å². The van der Waals surface area contributed by atoms with Gasteiger partial charge in [0.25, 0.3) is 0 Å². The molecule has 88 valence electrons. The summed E-state index contributed by atoms with van der Waals surface area (Å²) in [7, 11) is 0. The van der Waals surface area contributed by atoms with Gasteiger partial charge in [-0.2, -0.15) is 0 Å². The number of carboxylic acid groups (broad SMARTS) is 1. The largest absolute Gasteiger partial charge is 0.477 e. The van der Waals surface area contributed by atoms with E-state index < -0.39 is 12.0 Å². The Morgan fingerprint density at radius 2 is 2.38 bits per heavy atom. The first-order chi connectivity index (χ1) is 7.57. The lowest BCUT2D eigenvalue weighted by Gasteiger charge is -2.48. The van der Waals surface area contributed by atoms with Crippen molar-refractivity contribution >= 4 is 23.6 Å². The Morgan fingerprint density at radius 1 is 1.69 bits per heavy atom. The third-order valence-corrected chi connectivity index (χ3v) is 4.20. The zero-order valence-electron chi connectivity index (χ0n) is 8.97. The molecule has 0 radical (unpaired) electrons. The number of hydrogen-bond acceptors (Lipinski definition) is 4. The molecule has 0 bridgehead atoms. The van der Waals surface area contributed by atoms with Gasteiger partial charge in [0.2, 0.25) is 5.91 Å². The summed E-state index contributed by atoms with van der Waals surface area (Å²) in [6.07, 6.45) is 1.60. The van der Waals surface area contributed by atoms with Crippen LogP contribution in [-0.4, -0.2) is 39.1 Å². The number of thioether (sulfide) groups is 1. The molecule has 2 unspecified atom stereocenters. The van der Waals surface area contributed by atoms with Crippen LogP contribution in [0, 0.1) is 0 Å². The van der Waals surface area contributed by atoms with Crippen LogP contribution in [0.4, 0.5) is 0 Å². The monoisotopic (exact) mass is 242 g/mol. The first-order valence-corrected chi connectivity index (χ1v) is 6.28. The number of fused-ring (bicyclic) bond motifs is 1. The van der Waals surface area contributed by atoms with Crippen LogP contribution in [0.25, 0.3) is 0 Å². The van der Waals surface area contributed by atoms with E-state index in [9.17, 15) is 9.59 Å². The number of rotatable bonds is 3. The van der Waals surface area contributed by atoms with E-state index in [1.165, 1.54) is 4.90 Å². The van der Waals surface area contributed by atoms with Crippen molar-refractivity contribution in [3.05, 3.63) is 11.3 Å². The predicted molar refractivity (Wildman–Crippen MR) is 60.6 cm³/mol. The second-order valence-corrected chi connectivity index (χ2v) is 5.05. The van der Waals surface area contributed by atoms with Gasteiger partial charge in [-0.1, -0.05) is 13.3 Å². The minimum absolute atomic E-state index is 0.164. The van der Waals surface area contributed by atoms with Gasteiger partial charge in [-0.05, 0) is 12.0 Å². The van der Waals surface area contributed by atoms with Crippen LogP contribution in [0.15, 0.2) is 11.3 Å². The molecule has 0 aromatic carbocycles. The molecule has 1 saturated heterocycles. The van der Waals surface area contributed by atoms with Crippen molar-refractivity contribution in [2.75, 3.05) is 5.75 Å². The summed E-state index contributed by atoms with van der Waals surface area (Å²) in [6, 6.07) is -0.539. The minimum atomic E-state index is -1.02. The van der Waals surface area contributed by atoms with Gasteiger partial charge in [-0.15, -0.1) is 11.8 Å². The van der Waals surface area contributed by atoms with Crippen molar-refractivity contribution in [2.45, 2.75) is 31.2 Å². The Hall–Kier alpha value is -1.01. The van der Waals surface area contributed by atoms with E-state index in [0.29, 0.717) is 5.75 Å². The fraction of sp³-hybridized carbons (Fsp3) is 0.600. The molecular formula is C10H14N2O3S. The summed E-state index contributed by atoms with van der Waals surface area (Å²) in [5.74, 6) is -0.630. The van der Waals surface area contributed by atoms with E-state index in [-0.39, 0.29) is 17.0 Å². The van der Waals surface area contributed by atoms with Gasteiger partial charge >= 0.3 is 5.97 Å². The van der Waals surface area contributed by atoms with Crippen molar-refractivity contribution in [3.8, 4) is 0 Å². The SMILES string of the molecule is CCCC1=C(C(=O)O)N2C(=O)C(N)C2SC1. The number of carboxylic acids is 1. The zero-order valence-corrected chi connectivity index (χ0v) is 9.79. The van der Waals surface area contributed by atoms with Gasteiger partial charge < -0.3 is 10.8 Å². The number of nitrogens with zero attached hydrogens (tertiary/aromatic N) is 1. The smallest absolute Gasteiger partial charge is 0.352 e. The quantitative estimate of drug-likeness (QED) is 0.698. The maximum absolute atomic E-state index is 11.6. The second kappa shape index (κ2) is 4.10. The van der Waals surface area contributed by atoms with Gasteiger partial charge in [-0.25, -0.2) is 4.79 Å². The van der Waals surface area contributed by atoms with E-state index >= 15 is 0 Å². The lowest BCUT2D eigenvalue weighted by atomic mass is 10.0. The summed E-state index contributed by atoms with van der Waals surface area (Å²) < 4.78 is 0. The fourth-order valence-corrected chi connectivity index (χ4v) is 3.41. The van der Waals surface area contributed by atoms with Gasteiger partial charge in [0.1, 0.15) is 17.1 Å². The molecule has 2 atom stereocenters. The Labute approximate surface area is 97.7 Å². The average molecular weight is 242 g/mol. The van der Waals surface area contributed by atoms with Crippen LogP contribution < -0.4 is 5.73 Å². The Balaban J connectivity index is 2.34. The molecule has 2 heterocycles. The highest BCUT2D eigenvalue weighted by molar-refractivity contribution is 8.00. The molecule has 6 heteroatoms. The highest BCUT2D eigenvalue weighted by Crippen LogP contribution is 2.40. The summed E-state index contributed by atoms with van der Waals surface area (Å²) in [6.45, 7) is 1.99. The lowest BCUT2D eigenvalue weighted by molar-refractivity contribution is -0.148. The Kier molecular flexibility index (Phi) is 2.94. The maximum Gasteiger partial charge on any atom is 0.352 e. The number of β-lactam (4-membered cyclic amide) rings is 1. The molecule has 0 aliphatic carbocycles. The van der Waals surface area contributed by atoms with Crippen molar-refractivity contribution in [2.24, 2.45) is 5.73 Å². The zero-order chi connectivity index (χ0) is 11.9. The van der Waals surface area contributed by atoms with E-state index in [1.807, 2.05) is 6.92 Å². The molecule has 1 fully saturated rings. The normalized spacial score (nSPS) is 28.9. The number of amides is 1. The van der Waals surface area contributed by atoms with Crippen molar-refractivity contribution in [1.29, 1.82) is 0 Å². The van der Waals surface area contributed by atoms with Crippen LogP contribution in [0.1, 0.15) is 19.8 Å². The van der Waals surface area contributed by atoms with Crippen LogP contribution in [0.2, 0.25) is 0 Å². The molecule has 0 spiro atoms. The molecule has 2 aliphatic heterocycles. The van der Waals surface area contributed by atoms with Crippen LogP contribution in [-0.2, 0) is 9.59 Å². The van der Waals surface area contributed by atoms with Crippen molar-refractivity contribution < 1.29 is 14.7 Å². The number of nitrogens with two attached hydrogens (primary N) is 1. The molecule has 0 aromatic heterocycles. The molecular weight excluding hydrogens is 228 g/mol. The van der Waals surface area contributed by atoms with Crippen molar-refractivity contribution in [1.82, 2.24) is 4.90 Å². The Morgan fingerprint density at radius 3 is 2.94 bits per heavy atom. The second-order valence-electron chi connectivity index (χ2n) is 3.94. The van der Waals surface area contributed by atoms with Crippen LogP contribution in [0.3, 0.4) is 0 Å². The molecule has 16 heavy (non-hydrogen) atoms. The van der Waals surface area contributed by atoms with Gasteiger partial charge in [-0.3, -0.25) is 9.69 Å². The molecule has 1 amide bonds. The van der Waals surface area contributed by atoms with E-state index in [2.05, 4.69) is 0 Å². The molecule has 0 aromatic rings. The summed E-state index contributed by atoms with van der Waals surface area (Å²) in [5, 5.41) is 8.98. The third kappa shape index (κ3) is 1.53. The number of carbonyl (C=O) groups excluding carboxylic acids is 1. The van der Waals surface area contributed by atoms with Gasteiger partial charge in [0, 0.05) is 5.75 Å². The minimum Gasteiger partial charge on any atom is -0.477 e. The maximum atomic E-state index is 11.6. The average Bonchev–Trinajstić information content (AvgIpc) is 2.27. The molecule has 5 nitrogen and oxygen atoms in total. The fourth-order valence-electron chi connectivity index (χ4n) is 2.07. The number of aliphatic carboxylic acids is 1. The third-order valence-electron chi connectivity index (χ3n) is 2.84. The van der Waals surface area contributed by atoms with Crippen molar-refractivity contribution in [3.63, 3.8) is 0 Å².